The lowest BCUT2D eigenvalue weighted by atomic mass is 9.44. The van der Waals surface area contributed by atoms with Crippen molar-refractivity contribution in [2.75, 3.05) is 6.61 Å². The van der Waals surface area contributed by atoms with Crippen LogP contribution in [0.25, 0.3) is 0 Å². The van der Waals surface area contributed by atoms with Gasteiger partial charge in [0.2, 0.25) is 0 Å². The Labute approximate surface area is 194 Å². The molecule has 0 unspecified atom stereocenters. The third kappa shape index (κ3) is 2.75. The van der Waals surface area contributed by atoms with E-state index >= 15 is 0 Å². The van der Waals surface area contributed by atoms with Crippen LogP contribution in [-0.4, -0.2) is 52.1 Å². The standard InChI is InChI=1S/C27H44O5/c1-14-7-10-27(31-13-14)15(2)21-24(32-27)23(30)22-17-6-5-16-11-19(28)20(29)12-26(16,4)18(17)8-9-25(21,22)3/h14-24,28-30H,5-13H2,1-4H3/p+1/t14-,15+,16+,17-,18+,19-,20-,21+,22-,23+,24-,25-,26+,27-/m1/s1. The van der Waals surface area contributed by atoms with E-state index in [2.05, 4.69) is 27.7 Å². The van der Waals surface area contributed by atoms with Gasteiger partial charge in [0, 0.05) is 18.3 Å². The number of aliphatic hydroxyl groups is 3. The molecule has 2 aliphatic heterocycles. The zero-order chi connectivity index (χ0) is 22.6. The van der Waals surface area contributed by atoms with E-state index in [1.165, 1.54) is 6.42 Å². The maximum absolute atomic E-state index is 11.8. The number of aliphatic hydroxyl groups excluding tert-OH is 3. The van der Waals surface area contributed by atoms with Gasteiger partial charge in [0.25, 0.3) is 0 Å². The van der Waals surface area contributed by atoms with Crippen molar-refractivity contribution in [3.8, 4) is 0 Å². The maximum Gasteiger partial charge on any atom is 1.00 e. The van der Waals surface area contributed by atoms with Gasteiger partial charge >= 0.3 is 1.43 Å². The Balaban J connectivity index is 0.00000228. The maximum atomic E-state index is 11.8. The number of hydrogen-bond acceptors (Lipinski definition) is 5. The minimum atomic E-state index is -0.606. The summed E-state index contributed by atoms with van der Waals surface area (Å²) < 4.78 is 13.1. The van der Waals surface area contributed by atoms with Crippen LogP contribution >= 0.6 is 0 Å². The number of fused-ring (bicyclic) bond motifs is 7. The Bertz CT molecular complexity index is 755. The predicted molar refractivity (Wildman–Crippen MR) is 122 cm³/mol. The molecule has 6 rings (SSSR count). The van der Waals surface area contributed by atoms with Crippen LogP contribution in [0.5, 0.6) is 0 Å². The van der Waals surface area contributed by atoms with E-state index in [-0.39, 0.29) is 24.3 Å². The molecule has 5 nitrogen and oxygen atoms in total. The largest absolute Gasteiger partial charge is 1.00 e. The van der Waals surface area contributed by atoms with Crippen LogP contribution in [0.4, 0.5) is 0 Å². The molecule has 1 spiro atoms. The van der Waals surface area contributed by atoms with Crippen LogP contribution in [0.2, 0.25) is 0 Å². The van der Waals surface area contributed by atoms with Gasteiger partial charge in [-0.1, -0.05) is 27.7 Å². The molecule has 182 valence electrons. The molecule has 0 radical (unpaired) electrons. The van der Waals surface area contributed by atoms with Crippen molar-refractivity contribution in [2.45, 2.75) is 109 Å². The first kappa shape index (κ1) is 22.3. The number of hydrogen-bond donors (Lipinski definition) is 3. The fourth-order valence-electron chi connectivity index (χ4n) is 10.3. The molecule has 2 heterocycles. The normalized spacial score (nSPS) is 64.0. The van der Waals surface area contributed by atoms with Crippen molar-refractivity contribution in [1.82, 2.24) is 0 Å². The molecule has 0 aromatic rings. The van der Waals surface area contributed by atoms with Crippen LogP contribution in [0.1, 0.15) is 80.5 Å². The zero-order valence-electron chi connectivity index (χ0n) is 21.4. The van der Waals surface area contributed by atoms with Crippen LogP contribution in [0.15, 0.2) is 0 Å². The van der Waals surface area contributed by atoms with Crippen molar-refractivity contribution in [3.05, 3.63) is 0 Å². The lowest BCUT2D eigenvalue weighted by molar-refractivity contribution is -0.282. The summed E-state index contributed by atoms with van der Waals surface area (Å²) in [7, 11) is 0. The highest BCUT2D eigenvalue weighted by Gasteiger charge is 2.72. The summed E-state index contributed by atoms with van der Waals surface area (Å²) in [5.41, 5.74) is 0.146. The summed E-state index contributed by atoms with van der Waals surface area (Å²) in [6, 6.07) is 0. The lowest BCUT2D eigenvalue weighted by Crippen LogP contribution is -2.58. The van der Waals surface area contributed by atoms with E-state index in [0.717, 1.165) is 45.1 Å². The van der Waals surface area contributed by atoms with Crippen molar-refractivity contribution < 1.29 is 26.2 Å². The second kappa shape index (κ2) is 7.16. The van der Waals surface area contributed by atoms with Crippen molar-refractivity contribution in [2.24, 2.45) is 52.3 Å². The Morgan fingerprint density at radius 1 is 0.875 bits per heavy atom. The highest BCUT2D eigenvalue weighted by atomic mass is 16.7. The van der Waals surface area contributed by atoms with Gasteiger partial charge in [-0.2, -0.15) is 0 Å². The summed E-state index contributed by atoms with van der Waals surface area (Å²) >= 11 is 0. The molecule has 14 atom stereocenters. The Morgan fingerprint density at radius 2 is 1.66 bits per heavy atom. The zero-order valence-corrected chi connectivity index (χ0v) is 20.4. The molecule has 0 aromatic heterocycles. The van der Waals surface area contributed by atoms with E-state index in [1.54, 1.807) is 0 Å². The minimum Gasteiger partial charge on any atom is -0.390 e. The molecular formula is C27H45O5+. The van der Waals surface area contributed by atoms with E-state index in [4.69, 9.17) is 9.47 Å². The average molecular weight is 450 g/mol. The minimum absolute atomic E-state index is 0. The third-order valence-electron chi connectivity index (χ3n) is 12.0. The second-order valence-corrected chi connectivity index (χ2v) is 13.3. The summed E-state index contributed by atoms with van der Waals surface area (Å²) in [5.74, 6) is 2.49. The van der Waals surface area contributed by atoms with Crippen LogP contribution in [-0.2, 0) is 9.47 Å². The van der Waals surface area contributed by atoms with Crippen LogP contribution in [0, 0.1) is 52.3 Å². The van der Waals surface area contributed by atoms with Gasteiger partial charge < -0.3 is 24.8 Å². The van der Waals surface area contributed by atoms with Gasteiger partial charge in [0.15, 0.2) is 5.79 Å². The fourth-order valence-corrected chi connectivity index (χ4v) is 10.3. The van der Waals surface area contributed by atoms with Gasteiger partial charge in [0.1, 0.15) is 0 Å². The van der Waals surface area contributed by atoms with E-state index in [9.17, 15) is 15.3 Å². The first-order valence-electron chi connectivity index (χ1n) is 13.5. The van der Waals surface area contributed by atoms with E-state index in [0.29, 0.717) is 41.9 Å². The van der Waals surface area contributed by atoms with Crippen LogP contribution < -0.4 is 0 Å². The van der Waals surface area contributed by atoms with Gasteiger partial charge in [-0.05, 0) is 85.4 Å². The topological polar surface area (TPSA) is 79.2 Å². The third-order valence-corrected chi connectivity index (χ3v) is 12.0. The van der Waals surface area contributed by atoms with Gasteiger partial charge in [-0.25, -0.2) is 0 Å². The van der Waals surface area contributed by atoms with E-state index < -0.39 is 24.1 Å². The van der Waals surface area contributed by atoms with Crippen molar-refractivity contribution in [1.29, 1.82) is 0 Å². The van der Waals surface area contributed by atoms with E-state index in [1.807, 2.05) is 0 Å². The first-order chi connectivity index (χ1) is 15.1. The summed E-state index contributed by atoms with van der Waals surface area (Å²) in [6.07, 6.45) is 6.33. The molecule has 0 bridgehead atoms. The fraction of sp³-hybridized carbons (Fsp3) is 1.00. The average Bonchev–Trinajstić information content (AvgIpc) is 3.15. The van der Waals surface area contributed by atoms with Crippen molar-refractivity contribution >= 4 is 0 Å². The first-order valence-corrected chi connectivity index (χ1v) is 13.5. The molecule has 6 aliphatic rings. The SMILES string of the molecule is C[C@@H]1CC[C@@]2(OC1)O[C@H]1[C@@H](O)[C@H]3[C@@H]4CC[C@H]5C[C@@H](O)[C@H](O)C[C@]5(C)[C@H]4CC[C@]3(C)[C@H]1[C@@H]2C.[H+]. The molecule has 6 fully saturated rings. The summed E-state index contributed by atoms with van der Waals surface area (Å²) in [5, 5.41) is 32.7. The lowest BCUT2D eigenvalue weighted by Gasteiger charge is -2.62. The molecule has 5 heteroatoms. The molecule has 0 aromatic carbocycles. The van der Waals surface area contributed by atoms with Crippen LogP contribution in [0.3, 0.4) is 0 Å². The Morgan fingerprint density at radius 3 is 2.38 bits per heavy atom. The Kier molecular flexibility index (Phi) is 4.99. The Hall–Kier alpha value is -0.200. The molecular weight excluding hydrogens is 404 g/mol. The van der Waals surface area contributed by atoms with Gasteiger partial charge in [-0.15, -0.1) is 0 Å². The molecule has 3 N–H and O–H groups in total. The quantitative estimate of drug-likeness (QED) is 0.524. The molecule has 0 amide bonds. The molecule has 4 aliphatic carbocycles. The smallest absolute Gasteiger partial charge is 0.390 e. The highest BCUT2D eigenvalue weighted by Crippen LogP contribution is 2.71. The van der Waals surface area contributed by atoms with Crippen molar-refractivity contribution in [3.63, 3.8) is 0 Å². The summed E-state index contributed by atoms with van der Waals surface area (Å²) in [6.45, 7) is 10.2. The molecule has 4 saturated carbocycles. The monoisotopic (exact) mass is 449 g/mol. The second-order valence-electron chi connectivity index (χ2n) is 13.3. The summed E-state index contributed by atoms with van der Waals surface area (Å²) in [4.78, 5) is 0. The molecule has 2 saturated heterocycles. The predicted octanol–water partition coefficient (Wildman–Crippen LogP) is 3.85. The highest BCUT2D eigenvalue weighted by molar-refractivity contribution is 5.18. The molecule has 32 heavy (non-hydrogen) atoms. The van der Waals surface area contributed by atoms with Gasteiger partial charge in [0.05, 0.1) is 31.0 Å². The van der Waals surface area contributed by atoms with Gasteiger partial charge in [-0.3, -0.25) is 0 Å². The number of rotatable bonds is 0. The number of ether oxygens (including phenoxy) is 2.